The zero-order valence-corrected chi connectivity index (χ0v) is 10.5. The zero-order valence-electron chi connectivity index (χ0n) is 8.91. The average molecular weight is 235 g/mol. The van der Waals surface area contributed by atoms with Crippen molar-refractivity contribution in [2.45, 2.75) is 20.3 Å². The first-order chi connectivity index (χ1) is 6.65. The summed E-state index contributed by atoms with van der Waals surface area (Å²) in [5.41, 5.74) is 0. The predicted octanol–water partition coefficient (Wildman–Crippen LogP) is 1.91. The lowest BCUT2D eigenvalue weighted by Gasteiger charge is -2.20. The van der Waals surface area contributed by atoms with Crippen molar-refractivity contribution in [1.29, 1.82) is 0 Å². The number of carbonyl (C=O) groups excluding carboxylic acids is 1. The van der Waals surface area contributed by atoms with Gasteiger partial charge in [-0.1, -0.05) is 24.0 Å². The highest BCUT2D eigenvalue weighted by atomic mass is 32.2. The molecule has 0 fully saturated rings. The molecule has 0 aliphatic rings. The molecule has 0 unspecified atom stereocenters. The van der Waals surface area contributed by atoms with E-state index in [1.807, 2.05) is 0 Å². The third-order valence-electron chi connectivity index (χ3n) is 1.78. The summed E-state index contributed by atoms with van der Waals surface area (Å²) in [6.07, 6.45) is 0.419. The van der Waals surface area contributed by atoms with Crippen LogP contribution in [0.1, 0.15) is 20.3 Å². The zero-order chi connectivity index (χ0) is 11.0. The molecule has 0 aromatic heterocycles. The fourth-order valence-electron chi connectivity index (χ4n) is 0.897. The van der Waals surface area contributed by atoms with Crippen LogP contribution < -0.4 is 0 Å². The Hall–Kier alpha value is -0.290. The molecule has 0 rings (SSSR count). The van der Waals surface area contributed by atoms with Gasteiger partial charge in [0.05, 0.1) is 13.5 Å². The number of ether oxygens (including phenoxy) is 1. The smallest absolute Gasteiger partial charge is 0.306 e. The van der Waals surface area contributed by atoms with Gasteiger partial charge in [0.2, 0.25) is 0 Å². The SMILES string of the molecule is CCN(CC)C(=S)SCCC(=O)OC. The summed E-state index contributed by atoms with van der Waals surface area (Å²) >= 11 is 6.73. The second-order valence-electron chi connectivity index (χ2n) is 2.61. The third kappa shape index (κ3) is 5.44. The fourth-order valence-corrected chi connectivity index (χ4v) is 2.29. The Balaban J connectivity index is 3.67. The minimum absolute atomic E-state index is 0.181. The first kappa shape index (κ1) is 13.7. The van der Waals surface area contributed by atoms with E-state index in [0.717, 1.165) is 17.4 Å². The summed E-state index contributed by atoms with van der Waals surface area (Å²) in [6, 6.07) is 0. The van der Waals surface area contributed by atoms with Crippen molar-refractivity contribution in [3.8, 4) is 0 Å². The summed E-state index contributed by atoms with van der Waals surface area (Å²) in [4.78, 5) is 12.9. The molecule has 0 heterocycles. The van der Waals surface area contributed by atoms with Gasteiger partial charge in [-0.3, -0.25) is 4.79 Å². The van der Waals surface area contributed by atoms with Gasteiger partial charge in [-0.15, -0.1) is 0 Å². The molecule has 82 valence electrons. The summed E-state index contributed by atoms with van der Waals surface area (Å²) in [5.74, 6) is 0.516. The van der Waals surface area contributed by atoms with E-state index in [1.165, 1.54) is 18.9 Å². The number of methoxy groups -OCH3 is 1. The van der Waals surface area contributed by atoms with Crippen molar-refractivity contribution in [1.82, 2.24) is 4.90 Å². The van der Waals surface area contributed by atoms with Crippen LogP contribution in [0, 0.1) is 0 Å². The van der Waals surface area contributed by atoms with Crippen molar-refractivity contribution in [3.63, 3.8) is 0 Å². The summed E-state index contributed by atoms with van der Waals surface area (Å²) in [7, 11) is 1.40. The van der Waals surface area contributed by atoms with E-state index in [-0.39, 0.29) is 5.97 Å². The van der Waals surface area contributed by atoms with Crippen LogP contribution >= 0.6 is 24.0 Å². The molecule has 0 N–H and O–H groups in total. The van der Waals surface area contributed by atoms with E-state index in [1.54, 1.807) is 0 Å². The van der Waals surface area contributed by atoms with Crippen molar-refractivity contribution < 1.29 is 9.53 Å². The number of rotatable bonds is 5. The van der Waals surface area contributed by atoms with Crippen molar-refractivity contribution in [3.05, 3.63) is 0 Å². The second kappa shape index (κ2) is 8.05. The molecule has 0 aromatic rings. The normalized spacial score (nSPS) is 9.64. The first-order valence-corrected chi connectivity index (χ1v) is 6.03. The minimum atomic E-state index is -0.181. The quantitative estimate of drug-likeness (QED) is 0.536. The monoisotopic (exact) mass is 235 g/mol. The Kier molecular flexibility index (Phi) is 7.89. The van der Waals surface area contributed by atoms with Gasteiger partial charge in [-0.2, -0.15) is 0 Å². The maximum absolute atomic E-state index is 10.8. The highest BCUT2D eigenvalue weighted by molar-refractivity contribution is 8.22. The van der Waals surface area contributed by atoms with E-state index < -0.39 is 0 Å². The van der Waals surface area contributed by atoms with Gasteiger partial charge in [-0.25, -0.2) is 0 Å². The molecule has 0 saturated carbocycles. The van der Waals surface area contributed by atoms with Gasteiger partial charge in [0.15, 0.2) is 0 Å². The van der Waals surface area contributed by atoms with Gasteiger partial charge in [0, 0.05) is 18.8 Å². The topological polar surface area (TPSA) is 29.5 Å². The van der Waals surface area contributed by atoms with E-state index in [9.17, 15) is 4.79 Å². The summed E-state index contributed by atoms with van der Waals surface area (Å²) < 4.78 is 5.40. The van der Waals surface area contributed by atoms with Crippen molar-refractivity contribution in [2.24, 2.45) is 0 Å². The number of hydrogen-bond donors (Lipinski definition) is 0. The van der Waals surface area contributed by atoms with Gasteiger partial charge < -0.3 is 9.64 Å². The van der Waals surface area contributed by atoms with Crippen molar-refractivity contribution in [2.75, 3.05) is 26.0 Å². The molecule has 0 bridgehead atoms. The van der Waals surface area contributed by atoms with E-state index >= 15 is 0 Å². The molecule has 0 aliphatic heterocycles. The molecule has 0 amide bonds. The summed E-state index contributed by atoms with van der Waals surface area (Å²) in [6.45, 7) is 5.97. The second-order valence-corrected chi connectivity index (χ2v) is 4.34. The largest absolute Gasteiger partial charge is 0.469 e. The Morgan fingerprint density at radius 3 is 2.43 bits per heavy atom. The molecule has 14 heavy (non-hydrogen) atoms. The summed E-state index contributed by atoms with van der Waals surface area (Å²) in [5, 5.41) is 0. The maximum Gasteiger partial charge on any atom is 0.306 e. The standard InChI is InChI=1S/C9H17NO2S2/c1-4-10(5-2)9(13)14-7-6-8(11)12-3/h4-7H2,1-3H3. The lowest BCUT2D eigenvalue weighted by atomic mass is 10.5. The minimum Gasteiger partial charge on any atom is -0.469 e. The van der Waals surface area contributed by atoms with Crippen LogP contribution in [0.25, 0.3) is 0 Å². The van der Waals surface area contributed by atoms with Crippen LogP contribution in [0.5, 0.6) is 0 Å². The molecule has 0 aromatic carbocycles. The lowest BCUT2D eigenvalue weighted by molar-refractivity contribution is -0.140. The first-order valence-electron chi connectivity index (χ1n) is 4.64. The number of thiocarbonyl (C=S) groups is 1. The Bertz CT molecular complexity index is 193. The van der Waals surface area contributed by atoms with Crippen LogP contribution in [-0.4, -0.2) is 41.1 Å². The average Bonchev–Trinajstić information content (AvgIpc) is 2.19. The Labute approximate surface area is 95.2 Å². The number of nitrogens with zero attached hydrogens (tertiary/aromatic N) is 1. The fraction of sp³-hybridized carbons (Fsp3) is 0.778. The highest BCUT2D eigenvalue weighted by Crippen LogP contribution is 2.10. The molecule has 3 nitrogen and oxygen atoms in total. The lowest BCUT2D eigenvalue weighted by Crippen LogP contribution is -2.26. The van der Waals surface area contributed by atoms with Gasteiger partial charge in [0.25, 0.3) is 0 Å². The van der Waals surface area contributed by atoms with E-state index in [2.05, 4.69) is 23.5 Å². The molecule has 0 saturated heterocycles. The molecule has 0 radical (unpaired) electrons. The van der Waals surface area contributed by atoms with Crippen molar-refractivity contribution >= 4 is 34.3 Å². The molecule has 0 aliphatic carbocycles. The van der Waals surface area contributed by atoms with Gasteiger partial charge in [0.1, 0.15) is 4.32 Å². The molecular weight excluding hydrogens is 218 g/mol. The van der Waals surface area contributed by atoms with Crippen LogP contribution in [0.4, 0.5) is 0 Å². The number of carbonyl (C=O) groups is 1. The van der Waals surface area contributed by atoms with Gasteiger partial charge in [-0.05, 0) is 13.8 Å². The predicted molar refractivity (Wildman–Crippen MR) is 64.6 cm³/mol. The molecule has 0 atom stereocenters. The van der Waals surface area contributed by atoms with E-state index in [4.69, 9.17) is 12.2 Å². The van der Waals surface area contributed by atoms with Crippen LogP contribution in [0.2, 0.25) is 0 Å². The van der Waals surface area contributed by atoms with Gasteiger partial charge >= 0.3 is 5.97 Å². The molecular formula is C9H17NO2S2. The molecule has 0 spiro atoms. The number of thioether (sulfide) groups is 1. The Morgan fingerprint density at radius 1 is 1.43 bits per heavy atom. The van der Waals surface area contributed by atoms with E-state index in [0.29, 0.717) is 12.2 Å². The maximum atomic E-state index is 10.8. The third-order valence-corrected chi connectivity index (χ3v) is 3.31. The van der Waals surface area contributed by atoms with Crippen LogP contribution in [0.3, 0.4) is 0 Å². The Morgan fingerprint density at radius 2 is 2.00 bits per heavy atom. The highest BCUT2D eigenvalue weighted by Gasteiger charge is 2.07. The number of hydrogen-bond acceptors (Lipinski definition) is 4. The van der Waals surface area contributed by atoms with Crippen LogP contribution in [0.15, 0.2) is 0 Å². The number of esters is 1. The van der Waals surface area contributed by atoms with Crippen LogP contribution in [-0.2, 0) is 9.53 Å². The molecule has 5 heteroatoms.